The van der Waals surface area contributed by atoms with Gasteiger partial charge in [0, 0.05) is 5.92 Å². The van der Waals surface area contributed by atoms with Crippen molar-refractivity contribution in [3.63, 3.8) is 0 Å². The summed E-state index contributed by atoms with van der Waals surface area (Å²) in [6.07, 6.45) is 0.954. The van der Waals surface area contributed by atoms with Crippen LogP contribution >= 0.6 is 7.60 Å². The Hall–Kier alpha value is -1.62. The Morgan fingerprint density at radius 2 is 2.16 bits per heavy atom. The summed E-state index contributed by atoms with van der Waals surface area (Å²) in [6.45, 7) is 1.45. The van der Waals surface area contributed by atoms with E-state index in [2.05, 4.69) is 15.0 Å². The van der Waals surface area contributed by atoms with Crippen LogP contribution in [0.3, 0.4) is 0 Å². The number of aromatic nitrogens is 4. The monoisotopic (exact) mass is 371 g/mol. The smallest absolute Gasteiger partial charge is 0.351 e. The molecule has 6 N–H and O–H groups in total. The first-order valence-electron chi connectivity index (χ1n) is 7.60. The third-order valence-electron chi connectivity index (χ3n) is 5.19. The van der Waals surface area contributed by atoms with Gasteiger partial charge in [-0.2, -0.15) is 0 Å². The summed E-state index contributed by atoms with van der Waals surface area (Å²) < 4.78 is 18.1. The number of hydrogen-bond donors (Lipinski definition) is 5. The minimum atomic E-state index is -4.40. The van der Waals surface area contributed by atoms with E-state index in [1.54, 1.807) is 4.57 Å². The molecule has 2 aliphatic rings. The van der Waals surface area contributed by atoms with Gasteiger partial charge in [-0.05, 0) is 13.3 Å². The van der Waals surface area contributed by atoms with Gasteiger partial charge in [-0.15, -0.1) is 0 Å². The van der Waals surface area contributed by atoms with Crippen LogP contribution in [-0.2, 0) is 9.30 Å². The molecule has 2 saturated carbocycles. The number of nitrogens with zero attached hydrogens (tertiary/aromatic N) is 4. The Morgan fingerprint density at radius 3 is 2.84 bits per heavy atom. The molecule has 0 bridgehead atoms. The van der Waals surface area contributed by atoms with Crippen LogP contribution < -0.4 is 5.73 Å². The summed E-state index contributed by atoms with van der Waals surface area (Å²) in [7, 11) is -4.40. The van der Waals surface area contributed by atoms with Crippen LogP contribution in [0, 0.1) is 5.92 Å². The Labute approximate surface area is 141 Å². The minimum absolute atomic E-state index is 0.196. The molecular weight excluding hydrogens is 353 g/mol. The standard InChI is InChI=1S/C13H18N5O6P/c1-12(20)8(18-4-17-7-9(14)15-3-16-10(7)18)6-2-13(6,11(12)19)24-5-25(21,22)23/h3-4,6,8,11,19-20H,2,5H2,1H3,(H2,14,15,16)(H2,21,22,23)/t6-,8-,11-,12?,13+/m1/s1. The molecule has 2 aromatic heterocycles. The fourth-order valence-electron chi connectivity index (χ4n) is 4.04. The molecule has 5 atom stereocenters. The van der Waals surface area contributed by atoms with E-state index in [0.717, 1.165) is 0 Å². The first kappa shape index (κ1) is 16.8. The predicted octanol–water partition coefficient (Wildman–Crippen LogP) is -1.01. The zero-order valence-corrected chi connectivity index (χ0v) is 14.1. The molecule has 4 rings (SSSR count). The summed E-state index contributed by atoms with van der Waals surface area (Å²) in [6, 6.07) is -0.640. The number of nitrogens with two attached hydrogens (primary N) is 1. The first-order valence-corrected chi connectivity index (χ1v) is 9.39. The van der Waals surface area contributed by atoms with Gasteiger partial charge in [-0.1, -0.05) is 0 Å². The fourth-order valence-corrected chi connectivity index (χ4v) is 4.45. The van der Waals surface area contributed by atoms with Crippen molar-refractivity contribution in [2.45, 2.75) is 36.7 Å². The zero-order chi connectivity index (χ0) is 18.2. The number of imidazole rings is 1. The molecular formula is C13H18N5O6P. The highest BCUT2D eigenvalue weighted by Crippen LogP contribution is 2.67. The van der Waals surface area contributed by atoms with E-state index in [0.29, 0.717) is 17.6 Å². The molecule has 11 nitrogen and oxygen atoms in total. The van der Waals surface area contributed by atoms with Gasteiger partial charge in [0.05, 0.1) is 12.4 Å². The Bertz CT molecular complexity index is 896. The van der Waals surface area contributed by atoms with E-state index in [9.17, 15) is 14.8 Å². The lowest BCUT2D eigenvalue weighted by Crippen LogP contribution is -2.48. The van der Waals surface area contributed by atoms with Gasteiger partial charge >= 0.3 is 7.60 Å². The molecule has 0 aromatic carbocycles. The normalized spacial score (nSPS) is 37.4. The van der Waals surface area contributed by atoms with Gasteiger partial charge in [0.15, 0.2) is 11.5 Å². The average molecular weight is 371 g/mol. The molecule has 0 saturated heterocycles. The van der Waals surface area contributed by atoms with Crippen LogP contribution in [0.5, 0.6) is 0 Å². The Kier molecular flexibility index (Phi) is 3.34. The Morgan fingerprint density at radius 1 is 1.44 bits per heavy atom. The van der Waals surface area contributed by atoms with Gasteiger partial charge < -0.3 is 35.0 Å². The highest BCUT2D eigenvalue weighted by atomic mass is 31.2. The molecule has 25 heavy (non-hydrogen) atoms. The molecule has 2 aromatic rings. The quantitative estimate of drug-likeness (QED) is 0.418. The van der Waals surface area contributed by atoms with Crippen molar-refractivity contribution in [3.05, 3.63) is 12.7 Å². The van der Waals surface area contributed by atoms with Gasteiger partial charge in [0.1, 0.15) is 35.5 Å². The maximum absolute atomic E-state index is 11.1. The second kappa shape index (κ2) is 4.97. The average Bonchev–Trinajstić information content (AvgIpc) is 3.01. The maximum Gasteiger partial charge on any atom is 0.351 e. The van der Waals surface area contributed by atoms with Crippen molar-refractivity contribution in [1.29, 1.82) is 0 Å². The van der Waals surface area contributed by atoms with Crippen LogP contribution in [0.4, 0.5) is 5.82 Å². The number of ether oxygens (including phenoxy) is 1. The predicted molar refractivity (Wildman–Crippen MR) is 84.2 cm³/mol. The van der Waals surface area contributed by atoms with Crippen molar-refractivity contribution in [3.8, 4) is 0 Å². The van der Waals surface area contributed by atoms with Gasteiger partial charge in [0.2, 0.25) is 0 Å². The minimum Gasteiger partial charge on any atom is -0.387 e. The number of aliphatic hydroxyl groups is 2. The van der Waals surface area contributed by atoms with Crippen molar-refractivity contribution < 1.29 is 29.3 Å². The van der Waals surface area contributed by atoms with Crippen molar-refractivity contribution in [2.75, 3.05) is 12.1 Å². The van der Waals surface area contributed by atoms with Crippen LogP contribution in [0.15, 0.2) is 12.7 Å². The Balaban J connectivity index is 1.73. The maximum atomic E-state index is 11.1. The van der Waals surface area contributed by atoms with E-state index in [-0.39, 0.29) is 11.7 Å². The molecule has 2 heterocycles. The second-order valence-electron chi connectivity index (χ2n) is 6.86. The van der Waals surface area contributed by atoms with E-state index >= 15 is 0 Å². The lowest BCUT2D eigenvalue weighted by molar-refractivity contribution is -0.127. The SMILES string of the molecule is CC1(O)[C@@H](O)[C@]2(OCP(=O)(O)O)C[C@@H]2[C@H]1n1cnc2c(N)ncnc21. The molecule has 0 spiro atoms. The summed E-state index contributed by atoms with van der Waals surface area (Å²) in [4.78, 5) is 30.3. The van der Waals surface area contributed by atoms with Crippen molar-refractivity contribution in [2.24, 2.45) is 5.92 Å². The van der Waals surface area contributed by atoms with Gasteiger partial charge in [-0.25, -0.2) is 15.0 Å². The number of fused-ring (bicyclic) bond motifs is 2. The highest BCUT2D eigenvalue weighted by Gasteiger charge is 2.77. The topological polar surface area (TPSA) is 177 Å². The molecule has 2 fully saturated rings. The third kappa shape index (κ3) is 2.31. The molecule has 0 amide bonds. The summed E-state index contributed by atoms with van der Waals surface area (Å²) >= 11 is 0. The third-order valence-corrected chi connectivity index (χ3v) is 5.66. The summed E-state index contributed by atoms with van der Waals surface area (Å²) in [5.41, 5.74) is 3.75. The summed E-state index contributed by atoms with van der Waals surface area (Å²) in [5, 5.41) is 21.5. The van der Waals surface area contributed by atoms with Crippen molar-refractivity contribution >= 4 is 24.6 Å². The number of anilines is 1. The molecule has 136 valence electrons. The second-order valence-corrected chi connectivity index (χ2v) is 8.45. The largest absolute Gasteiger partial charge is 0.387 e. The highest BCUT2D eigenvalue weighted by molar-refractivity contribution is 7.51. The fraction of sp³-hybridized carbons (Fsp3) is 0.615. The molecule has 2 aliphatic carbocycles. The van der Waals surface area contributed by atoms with E-state index in [1.165, 1.54) is 19.6 Å². The number of aliphatic hydroxyl groups excluding tert-OH is 1. The van der Waals surface area contributed by atoms with Gasteiger partial charge in [0.25, 0.3) is 0 Å². The van der Waals surface area contributed by atoms with E-state index in [1.807, 2.05) is 0 Å². The molecule has 12 heteroatoms. The number of rotatable bonds is 4. The van der Waals surface area contributed by atoms with Crippen LogP contribution in [0.2, 0.25) is 0 Å². The summed E-state index contributed by atoms with van der Waals surface area (Å²) in [5.74, 6) is -0.153. The molecule has 1 unspecified atom stereocenters. The first-order chi connectivity index (χ1) is 11.6. The van der Waals surface area contributed by atoms with Crippen LogP contribution in [0.1, 0.15) is 19.4 Å². The lowest BCUT2D eigenvalue weighted by Gasteiger charge is -2.34. The molecule has 0 radical (unpaired) electrons. The van der Waals surface area contributed by atoms with Crippen LogP contribution in [0.25, 0.3) is 11.2 Å². The van der Waals surface area contributed by atoms with Crippen LogP contribution in [-0.4, -0.2) is 63.2 Å². The number of hydrogen-bond acceptors (Lipinski definition) is 8. The lowest BCUT2D eigenvalue weighted by atomic mass is 9.92. The molecule has 0 aliphatic heterocycles. The van der Waals surface area contributed by atoms with Crippen molar-refractivity contribution in [1.82, 2.24) is 19.5 Å². The van der Waals surface area contributed by atoms with E-state index < -0.39 is 37.3 Å². The van der Waals surface area contributed by atoms with Gasteiger partial charge in [-0.3, -0.25) is 4.57 Å². The van der Waals surface area contributed by atoms with E-state index in [4.69, 9.17) is 20.3 Å². The number of nitrogen functional groups attached to an aromatic ring is 1. The zero-order valence-electron chi connectivity index (χ0n) is 13.2.